The van der Waals surface area contributed by atoms with Crippen molar-refractivity contribution < 1.29 is 8.42 Å². The van der Waals surface area contributed by atoms with Crippen LogP contribution < -0.4 is 5.32 Å². The fraction of sp³-hybridized carbons (Fsp3) is 0.650. The number of hydrogen-bond acceptors (Lipinski definition) is 5. The van der Waals surface area contributed by atoms with Gasteiger partial charge in [-0.2, -0.15) is 8.42 Å². The summed E-state index contributed by atoms with van der Waals surface area (Å²) in [5.74, 6) is 1.22. The van der Waals surface area contributed by atoms with E-state index in [0.29, 0.717) is 24.0 Å². The first-order valence-electron chi connectivity index (χ1n) is 10.2. The molecule has 1 N–H and O–H groups in total. The lowest BCUT2D eigenvalue weighted by Crippen LogP contribution is -2.44. The molecule has 0 amide bonds. The average Bonchev–Trinajstić information content (AvgIpc) is 2.90. The molecule has 2 fully saturated rings. The van der Waals surface area contributed by atoms with Gasteiger partial charge < -0.3 is 10.2 Å². The van der Waals surface area contributed by atoms with Crippen molar-refractivity contribution in [3.8, 4) is 0 Å². The number of para-hydroxylation sites is 1. The summed E-state index contributed by atoms with van der Waals surface area (Å²) in [5, 5.41) is 3.22. The lowest BCUT2D eigenvalue weighted by molar-refractivity contribution is 0.146. The van der Waals surface area contributed by atoms with Gasteiger partial charge in [0.05, 0.1) is 12.2 Å². The summed E-state index contributed by atoms with van der Waals surface area (Å²) in [5.41, 5.74) is 0.639. The number of likely N-dealkylation sites (tertiary alicyclic amines) is 2. The number of benzene rings is 1. The molecule has 1 unspecified atom stereocenters. The van der Waals surface area contributed by atoms with Crippen molar-refractivity contribution >= 4 is 21.5 Å². The Labute approximate surface area is 162 Å². The lowest BCUT2D eigenvalue weighted by atomic mass is 9.97. The molecule has 2 saturated heterocycles. The molecule has 0 spiro atoms. The molecule has 7 heteroatoms. The van der Waals surface area contributed by atoms with Crippen molar-refractivity contribution in [2.45, 2.75) is 43.4 Å². The Morgan fingerprint density at radius 1 is 1.00 bits per heavy atom. The van der Waals surface area contributed by atoms with Crippen LogP contribution in [-0.4, -0.2) is 63.3 Å². The summed E-state index contributed by atoms with van der Waals surface area (Å²) in [6, 6.07) is 7.00. The summed E-state index contributed by atoms with van der Waals surface area (Å²) in [4.78, 5) is 5.27. The van der Waals surface area contributed by atoms with Crippen molar-refractivity contribution in [1.82, 2.24) is 9.80 Å². The van der Waals surface area contributed by atoms with Crippen LogP contribution in [0.2, 0.25) is 0 Å². The maximum Gasteiger partial charge on any atom is 0.286 e. The molecule has 6 nitrogen and oxygen atoms in total. The average molecular weight is 391 g/mol. The van der Waals surface area contributed by atoms with E-state index in [0.717, 1.165) is 13.1 Å². The maximum atomic E-state index is 12.4. The predicted octanol–water partition coefficient (Wildman–Crippen LogP) is 2.79. The number of sulfonamides is 1. The summed E-state index contributed by atoms with van der Waals surface area (Å²) >= 11 is 0. The Kier molecular flexibility index (Phi) is 5.80. The molecule has 4 rings (SSSR count). The SMILES string of the molecule is O=S1(=O)N=C(CN2CCCC(CN3CCCCCC3)C2)Nc2ccccc21. The van der Waals surface area contributed by atoms with Crippen molar-refractivity contribution in [2.75, 3.05) is 44.6 Å². The molecule has 3 aliphatic heterocycles. The molecule has 0 saturated carbocycles. The van der Waals surface area contributed by atoms with Gasteiger partial charge in [-0.15, -0.1) is 4.40 Å². The number of nitrogens with zero attached hydrogens (tertiary/aromatic N) is 3. The highest BCUT2D eigenvalue weighted by molar-refractivity contribution is 7.90. The third-order valence-corrected chi connectivity index (χ3v) is 7.24. The largest absolute Gasteiger partial charge is 0.341 e. The highest BCUT2D eigenvalue weighted by Gasteiger charge is 2.27. The molecular weight excluding hydrogens is 360 g/mol. The predicted molar refractivity (Wildman–Crippen MR) is 109 cm³/mol. The Morgan fingerprint density at radius 2 is 1.74 bits per heavy atom. The zero-order chi connectivity index (χ0) is 18.7. The van der Waals surface area contributed by atoms with E-state index >= 15 is 0 Å². The van der Waals surface area contributed by atoms with E-state index < -0.39 is 10.0 Å². The molecule has 3 heterocycles. The molecule has 0 aromatic heterocycles. The van der Waals surface area contributed by atoms with Gasteiger partial charge in [0.15, 0.2) is 0 Å². The number of anilines is 1. The fourth-order valence-electron chi connectivity index (χ4n) is 4.58. The van der Waals surface area contributed by atoms with Crippen LogP contribution in [0.1, 0.15) is 38.5 Å². The second-order valence-corrected chi connectivity index (χ2v) is 9.66. The molecular formula is C20H30N4O2S. The van der Waals surface area contributed by atoms with Crippen LogP contribution in [0.15, 0.2) is 33.6 Å². The van der Waals surface area contributed by atoms with Crippen molar-refractivity contribution in [3.63, 3.8) is 0 Å². The fourth-order valence-corrected chi connectivity index (χ4v) is 5.71. The zero-order valence-electron chi connectivity index (χ0n) is 15.9. The normalized spacial score (nSPS) is 26.5. The molecule has 3 aliphatic rings. The zero-order valence-corrected chi connectivity index (χ0v) is 16.8. The minimum Gasteiger partial charge on any atom is -0.341 e. The minimum atomic E-state index is -3.59. The Hall–Kier alpha value is -1.44. The van der Waals surface area contributed by atoms with Gasteiger partial charge in [-0.3, -0.25) is 4.90 Å². The molecule has 1 atom stereocenters. The number of fused-ring (bicyclic) bond motifs is 1. The molecule has 27 heavy (non-hydrogen) atoms. The quantitative estimate of drug-likeness (QED) is 0.856. The van der Waals surface area contributed by atoms with Gasteiger partial charge in [0.25, 0.3) is 10.0 Å². The summed E-state index contributed by atoms with van der Waals surface area (Å²) in [7, 11) is -3.59. The number of hydrogen-bond donors (Lipinski definition) is 1. The van der Waals surface area contributed by atoms with Crippen LogP contribution in [0.5, 0.6) is 0 Å². The summed E-state index contributed by atoms with van der Waals surface area (Å²) in [6.45, 7) is 6.26. The van der Waals surface area contributed by atoms with Crippen LogP contribution in [0.4, 0.5) is 5.69 Å². The van der Waals surface area contributed by atoms with E-state index in [4.69, 9.17) is 0 Å². The molecule has 1 aromatic carbocycles. The van der Waals surface area contributed by atoms with Crippen LogP contribution in [-0.2, 0) is 10.0 Å². The van der Waals surface area contributed by atoms with Gasteiger partial charge in [-0.1, -0.05) is 25.0 Å². The Bertz CT molecular complexity index is 785. The third-order valence-electron chi connectivity index (χ3n) is 5.87. The van der Waals surface area contributed by atoms with E-state index in [1.54, 1.807) is 18.2 Å². The van der Waals surface area contributed by atoms with Gasteiger partial charge in [0, 0.05) is 13.1 Å². The van der Waals surface area contributed by atoms with E-state index in [-0.39, 0.29) is 4.90 Å². The molecule has 1 aromatic rings. The van der Waals surface area contributed by atoms with Gasteiger partial charge in [-0.25, -0.2) is 0 Å². The van der Waals surface area contributed by atoms with Crippen LogP contribution in [0.3, 0.4) is 0 Å². The van der Waals surface area contributed by atoms with E-state index in [2.05, 4.69) is 19.5 Å². The Morgan fingerprint density at radius 3 is 2.56 bits per heavy atom. The van der Waals surface area contributed by atoms with E-state index in [9.17, 15) is 8.42 Å². The van der Waals surface area contributed by atoms with Gasteiger partial charge >= 0.3 is 0 Å². The first-order valence-corrected chi connectivity index (χ1v) is 11.7. The number of nitrogens with one attached hydrogen (secondary N) is 1. The van der Waals surface area contributed by atoms with Gasteiger partial charge in [-0.05, 0) is 63.4 Å². The summed E-state index contributed by atoms with van der Waals surface area (Å²) < 4.78 is 28.9. The molecule has 0 aliphatic carbocycles. The second kappa shape index (κ2) is 8.29. The van der Waals surface area contributed by atoms with Crippen LogP contribution in [0, 0.1) is 5.92 Å². The van der Waals surface area contributed by atoms with Crippen LogP contribution in [0.25, 0.3) is 0 Å². The van der Waals surface area contributed by atoms with Gasteiger partial charge in [0.1, 0.15) is 10.7 Å². The molecule has 148 valence electrons. The smallest absolute Gasteiger partial charge is 0.286 e. The summed E-state index contributed by atoms with van der Waals surface area (Å²) in [6.07, 6.45) is 7.84. The first-order chi connectivity index (χ1) is 13.1. The highest BCUT2D eigenvalue weighted by Crippen LogP contribution is 2.27. The topological polar surface area (TPSA) is 65.0 Å². The van der Waals surface area contributed by atoms with E-state index in [1.807, 2.05) is 6.07 Å². The second-order valence-electron chi connectivity index (χ2n) is 8.09. The Balaban J connectivity index is 1.37. The number of piperidine rings is 1. The number of amidine groups is 1. The van der Waals surface area contributed by atoms with Gasteiger partial charge in [0.2, 0.25) is 0 Å². The van der Waals surface area contributed by atoms with Crippen molar-refractivity contribution in [3.05, 3.63) is 24.3 Å². The third kappa shape index (κ3) is 4.70. The monoisotopic (exact) mass is 390 g/mol. The van der Waals surface area contributed by atoms with Crippen LogP contribution >= 0.6 is 0 Å². The highest BCUT2D eigenvalue weighted by atomic mass is 32.2. The molecule has 0 bridgehead atoms. The lowest BCUT2D eigenvalue weighted by Gasteiger charge is -2.36. The standard InChI is InChI=1S/C20H30N4O2S/c25-27(26)19-10-4-3-9-18(19)21-20(22-27)16-24-13-7-8-17(15-24)14-23-11-5-1-2-6-12-23/h3-4,9-10,17H,1-2,5-8,11-16H2,(H,21,22). The molecule has 0 radical (unpaired) electrons. The first kappa shape index (κ1) is 18.9. The maximum absolute atomic E-state index is 12.4. The van der Waals surface area contributed by atoms with Crippen molar-refractivity contribution in [1.29, 1.82) is 0 Å². The minimum absolute atomic E-state index is 0.270. The van der Waals surface area contributed by atoms with Crippen molar-refractivity contribution in [2.24, 2.45) is 10.3 Å². The van der Waals surface area contributed by atoms with E-state index in [1.165, 1.54) is 58.2 Å². The number of rotatable bonds is 4.